The highest BCUT2D eigenvalue weighted by Crippen LogP contribution is 2.21. The molecule has 1 aliphatic heterocycles. The Balaban J connectivity index is 2.04. The van der Waals surface area contributed by atoms with Crippen LogP contribution in [-0.2, 0) is 4.79 Å². The molecule has 0 bridgehead atoms. The first-order valence-electron chi connectivity index (χ1n) is 7.42. The minimum absolute atomic E-state index is 0.0791. The number of ether oxygens (including phenoxy) is 1. The summed E-state index contributed by atoms with van der Waals surface area (Å²) in [6.07, 6.45) is 4.04. The maximum absolute atomic E-state index is 12.0. The van der Waals surface area contributed by atoms with E-state index in [0.717, 1.165) is 38.0 Å². The van der Waals surface area contributed by atoms with Crippen molar-refractivity contribution in [3.63, 3.8) is 0 Å². The van der Waals surface area contributed by atoms with Crippen molar-refractivity contribution in [1.29, 1.82) is 0 Å². The summed E-state index contributed by atoms with van der Waals surface area (Å²) >= 11 is 0. The Morgan fingerprint density at radius 2 is 2.10 bits per heavy atom. The minimum atomic E-state index is -0.0791. The molecule has 0 aromatic heterocycles. The first-order chi connectivity index (χ1) is 9.74. The maximum atomic E-state index is 12.0. The predicted molar refractivity (Wildman–Crippen MR) is 79.8 cm³/mol. The van der Waals surface area contributed by atoms with Gasteiger partial charge in [-0.2, -0.15) is 0 Å². The zero-order valence-electron chi connectivity index (χ0n) is 12.3. The van der Waals surface area contributed by atoms with Crippen LogP contribution in [0.15, 0.2) is 24.3 Å². The summed E-state index contributed by atoms with van der Waals surface area (Å²) in [6, 6.07) is 8.18. The average molecular weight is 276 g/mol. The van der Waals surface area contributed by atoms with Crippen LogP contribution in [0.5, 0.6) is 5.75 Å². The van der Waals surface area contributed by atoms with E-state index in [1.54, 1.807) is 7.11 Å². The van der Waals surface area contributed by atoms with Crippen LogP contribution in [0.4, 0.5) is 0 Å². The molecule has 1 aromatic carbocycles. The van der Waals surface area contributed by atoms with Crippen LogP contribution >= 0.6 is 0 Å². The summed E-state index contributed by atoms with van der Waals surface area (Å²) in [5.41, 5.74) is 1.20. The molecule has 2 rings (SSSR count). The van der Waals surface area contributed by atoms with Gasteiger partial charge in [-0.15, -0.1) is 0 Å². The number of amides is 1. The normalized spacial score (nSPS) is 20.9. The molecule has 0 spiro atoms. The third-order valence-corrected chi connectivity index (χ3v) is 3.86. The highest BCUT2D eigenvalue weighted by Gasteiger charge is 2.23. The number of carbonyl (C=O) groups excluding carboxylic acids is 1. The maximum Gasteiger partial charge on any atom is 0.237 e. The lowest BCUT2D eigenvalue weighted by molar-refractivity contribution is -0.123. The molecule has 2 unspecified atom stereocenters. The highest BCUT2D eigenvalue weighted by molar-refractivity contribution is 5.81. The van der Waals surface area contributed by atoms with Gasteiger partial charge in [0, 0.05) is 12.6 Å². The first kappa shape index (κ1) is 14.9. The van der Waals surface area contributed by atoms with E-state index in [1.165, 1.54) is 5.56 Å². The predicted octanol–water partition coefficient (Wildman–Crippen LogP) is 2.40. The van der Waals surface area contributed by atoms with Crippen LogP contribution in [0.25, 0.3) is 0 Å². The van der Waals surface area contributed by atoms with Crippen molar-refractivity contribution in [3.8, 4) is 5.75 Å². The van der Waals surface area contributed by atoms with Crippen LogP contribution in [0, 0.1) is 0 Å². The van der Waals surface area contributed by atoms with Crippen LogP contribution in [0.2, 0.25) is 0 Å². The van der Waals surface area contributed by atoms with Crippen LogP contribution < -0.4 is 15.4 Å². The second kappa shape index (κ2) is 7.29. The van der Waals surface area contributed by atoms with E-state index in [2.05, 4.69) is 29.7 Å². The molecule has 1 fully saturated rings. The number of benzene rings is 1. The molecule has 1 heterocycles. The smallest absolute Gasteiger partial charge is 0.237 e. The number of hydrogen-bond acceptors (Lipinski definition) is 3. The van der Waals surface area contributed by atoms with E-state index in [9.17, 15) is 4.79 Å². The van der Waals surface area contributed by atoms with Gasteiger partial charge in [0.2, 0.25) is 5.91 Å². The molecule has 1 aromatic rings. The lowest BCUT2D eigenvalue weighted by Crippen LogP contribution is -2.44. The van der Waals surface area contributed by atoms with Gasteiger partial charge in [-0.25, -0.2) is 0 Å². The molecular formula is C16H24N2O2. The van der Waals surface area contributed by atoms with E-state index in [4.69, 9.17) is 4.74 Å². The topological polar surface area (TPSA) is 50.4 Å². The van der Waals surface area contributed by atoms with Crippen molar-refractivity contribution in [2.24, 2.45) is 0 Å². The van der Waals surface area contributed by atoms with Crippen molar-refractivity contribution < 1.29 is 9.53 Å². The molecule has 1 aliphatic rings. The third-order valence-electron chi connectivity index (χ3n) is 3.86. The van der Waals surface area contributed by atoms with Gasteiger partial charge < -0.3 is 10.1 Å². The Bertz CT molecular complexity index is 431. The Hall–Kier alpha value is -1.55. The van der Waals surface area contributed by atoms with E-state index < -0.39 is 0 Å². The summed E-state index contributed by atoms with van der Waals surface area (Å²) < 4.78 is 5.18. The van der Waals surface area contributed by atoms with Crippen molar-refractivity contribution in [1.82, 2.24) is 10.6 Å². The zero-order valence-corrected chi connectivity index (χ0v) is 12.3. The number of rotatable bonds is 5. The summed E-state index contributed by atoms with van der Waals surface area (Å²) in [5.74, 6) is 0.991. The van der Waals surface area contributed by atoms with Crippen molar-refractivity contribution in [3.05, 3.63) is 29.8 Å². The number of hydrogen-bond donors (Lipinski definition) is 2. The van der Waals surface area contributed by atoms with Gasteiger partial charge in [0.25, 0.3) is 0 Å². The molecular weight excluding hydrogens is 252 g/mol. The van der Waals surface area contributed by atoms with Gasteiger partial charge in [-0.05, 0) is 43.4 Å². The molecule has 1 saturated heterocycles. The minimum Gasteiger partial charge on any atom is -0.497 e. The van der Waals surface area contributed by atoms with Gasteiger partial charge >= 0.3 is 0 Å². The quantitative estimate of drug-likeness (QED) is 0.868. The van der Waals surface area contributed by atoms with Crippen molar-refractivity contribution >= 4 is 5.91 Å². The van der Waals surface area contributed by atoms with Gasteiger partial charge in [-0.3, -0.25) is 10.1 Å². The first-order valence-corrected chi connectivity index (χ1v) is 7.42. The fraction of sp³-hybridized carbons (Fsp3) is 0.562. The molecule has 0 saturated carbocycles. The SMILES string of the molecule is CCC(NC1CCCCNC1=O)c1ccc(OC)cc1. The van der Waals surface area contributed by atoms with Gasteiger partial charge in [-0.1, -0.05) is 19.1 Å². The van der Waals surface area contributed by atoms with Crippen molar-refractivity contribution in [2.45, 2.75) is 44.7 Å². The van der Waals surface area contributed by atoms with E-state index in [0.29, 0.717) is 0 Å². The molecule has 20 heavy (non-hydrogen) atoms. The monoisotopic (exact) mass is 276 g/mol. The number of methoxy groups -OCH3 is 1. The molecule has 2 N–H and O–H groups in total. The van der Waals surface area contributed by atoms with Gasteiger partial charge in [0.1, 0.15) is 5.75 Å². The summed E-state index contributed by atoms with van der Waals surface area (Å²) in [5, 5.41) is 6.47. The largest absolute Gasteiger partial charge is 0.497 e. The lowest BCUT2D eigenvalue weighted by atomic mass is 10.0. The molecule has 1 amide bonds. The molecule has 0 aliphatic carbocycles. The average Bonchev–Trinajstić information content (AvgIpc) is 2.69. The van der Waals surface area contributed by atoms with Crippen molar-refractivity contribution in [2.75, 3.05) is 13.7 Å². The fourth-order valence-corrected chi connectivity index (χ4v) is 2.63. The summed E-state index contributed by atoms with van der Waals surface area (Å²) in [6.45, 7) is 2.94. The Labute approximate surface area is 120 Å². The summed E-state index contributed by atoms with van der Waals surface area (Å²) in [7, 11) is 1.67. The third kappa shape index (κ3) is 3.73. The number of nitrogens with one attached hydrogen (secondary N) is 2. The Kier molecular flexibility index (Phi) is 5.41. The second-order valence-corrected chi connectivity index (χ2v) is 5.24. The van der Waals surface area contributed by atoms with E-state index >= 15 is 0 Å². The molecule has 4 heteroatoms. The fourth-order valence-electron chi connectivity index (χ4n) is 2.63. The standard InChI is InChI=1S/C16H24N2O2/c1-3-14(12-7-9-13(20-2)10-8-12)18-15-6-4-5-11-17-16(15)19/h7-10,14-15,18H,3-6,11H2,1-2H3,(H,17,19). The second-order valence-electron chi connectivity index (χ2n) is 5.24. The molecule has 4 nitrogen and oxygen atoms in total. The zero-order chi connectivity index (χ0) is 14.4. The molecule has 2 atom stereocenters. The van der Waals surface area contributed by atoms with Crippen LogP contribution in [0.1, 0.15) is 44.2 Å². The number of carbonyl (C=O) groups is 1. The highest BCUT2D eigenvalue weighted by atomic mass is 16.5. The summed E-state index contributed by atoms with van der Waals surface area (Å²) in [4.78, 5) is 12.0. The van der Waals surface area contributed by atoms with Gasteiger partial charge in [0.05, 0.1) is 13.2 Å². The lowest BCUT2D eigenvalue weighted by Gasteiger charge is -2.23. The Morgan fingerprint density at radius 3 is 2.75 bits per heavy atom. The molecule has 110 valence electrons. The Morgan fingerprint density at radius 1 is 1.35 bits per heavy atom. The van der Waals surface area contributed by atoms with E-state index in [-0.39, 0.29) is 18.0 Å². The van der Waals surface area contributed by atoms with Crippen LogP contribution in [0.3, 0.4) is 0 Å². The molecule has 0 radical (unpaired) electrons. The van der Waals surface area contributed by atoms with Gasteiger partial charge in [0.15, 0.2) is 0 Å². The van der Waals surface area contributed by atoms with E-state index in [1.807, 2.05) is 12.1 Å². The van der Waals surface area contributed by atoms with Crippen LogP contribution in [-0.4, -0.2) is 25.6 Å².